The van der Waals surface area contributed by atoms with E-state index in [2.05, 4.69) is 10.6 Å². The van der Waals surface area contributed by atoms with Crippen molar-refractivity contribution >= 4 is 11.8 Å². The maximum Gasteiger partial charge on any atom is 0.246 e. The van der Waals surface area contributed by atoms with Gasteiger partial charge < -0.3 is 15.7 Å². The van der Waals surface area contributed by atoms with E-state index in [1.165, 1.54) is 6.92 Å². The first-order valence-electron chi connectivity index (χ1n) is 9.36. The van der Waals surface area contributed by atoms with Crippen LogP contribution in [0.5, 0.6) is 0 Å². The van der Waals surface area contributed by atoms with E-state index in [4.69, 9.17) is 0 Å². The summed E-state index contributed by atoms with van der Waals surface area (Å²) in [7, 11) is 0. The minimum Gasteiger partial charge on any atom is -0.391 e. The molecule has 0 heterocycles. The second-order valence-electron chi connectivity index (χ2n) is 7.26. The Morgan fingerprint density at radius 3 is 2.11 bits per heavy atom. The van der Waals surface area contributed by atoms with Crippen molar-refractivity contribution in [2.75, 3.05) is 0 Å². The molecule has 3 rings (SSSR count). The van der Waals surface area contributed by atoms with E-state index in [0.29, 0.717) is 0 Å². The summed E-state index contributed by atoms with van der Waals surface area (Å²) in [4.78, 5) is 25.0. The molecule has 5 heteroatoms. The van der Waals surface area contributed by atoms with Crippen LogP contribution in [0.3, 0.4) is 0 Å². The lowest BCUT2D eigenvalue weighted by atomic mass is 9.97. The smallest absolute Gasteiger partial charge is 0.246 e. The Kier molecular flexibility index (Phi) is 5.91. The molecule has 1 saturated carbocycles. The zero-order chi connectivity index (χ0) is 19.4. The number of hydrogen-bond donors (Lipinski definition) is 3. The maximum atomic E-state index is 12.9. The van der Waals surface area contributed by atoms with Gasteiger partial charge in [0.1, 0.15) is 6.04 Å². The van der Waals surface area contributed by atoms with Gasteiger partial charge in [-0.2, -0.15) is 0 Å². The highest BCUT2D eigenvalue weighted by atomic mass is 16.3. The molecule has 0 unspecified atom stereocenters. The number of aryl methyl sites for hydroxylation is 1. The van der Waals surface area contributed by atoms with Crippen LogP contribution < -0.4 is 10.6 Å². The van der Waals surface area contributed by atoms with Crippen molar-refractivity contribution in [2.24, 2.45) is 5.92 Å². The van der Waals surface area contributed by atoms with Gasteiger partial charge >= 0.3 is 0 Å². The summed E-state index contributed by atoms with van der Waals surface area (Å²) in [6.45, 7) is 3.53. The summed E-state index contributed by atoms with van der Waals surface area (Å²) in [6.07, 6.45) is 0.702. The van der Waals surface area contributed by atoms with Crippen LogP contribution in [-0.2, 0) is 9.59 Å². The fourth-order valence-corrected chi connectivity index (χ4v) is 3.02. The highest BCUT2D eigenvalue weighted by Gasteiger charge is 2.35. The van der Waals surface area contributed by atoms with Gasteiger partial charge in [0.25, 0.3) is 0 Å². The largest absolute Gasteiger partial charge is 0.391 e. The van der Waals surface area contributed by atoms with Crippen LogP contribution in [0.1, 0.15) is 42.5 Å². The van der Waals surface area contributed by atoms with E-state index in [9.17, 15) is 14.7 Å². The Labute approximate surface area is 159 Å². The van der Waals surface area contributed by atoms with Gasteiger partial charge in [0.05, 0.1) is 12.1 Å². The van der Waals surface area contributed by atoms with E-state index >= 15 is 0 Å². The van der Waals surface area contributed by atoms with Crippen molar-refractivity contribution in [2.45, 2.75) is 44.9 Å². The van der Waals surface area contributed by atoms with Crippen molar-refractivity contribution in [3.05, 3.63) is 71.3 Å². The molecule has 0 spiro atoms. The summed E-state index contributed by atoms with van der Waals surface area (Å²) in [5.74, 6) is -0.586. The van der Waals surface area contributed by atoms with Gasteiger partial charge in [-0.25, -0.2) is 0 Å². The van der Waals surface area contributed by atoms with Crippen LogP contribution in [0, 0.1) is 12.8 Å². The average Bonchev–Trinajstić information content (AvgIpc) is 3.50. The SMILES string of the molecule is Cc1ccc([C@H](NC(=O)[C@H](NC(=O)C2CC2)[C@H](C)O)c2ccccc2)cc1. The van der Waals surface area contributed by atoms with Crippen molar-refractivity contribution in [3.63, 3.8) is 0 Å². The van der Waals surface area contributed by atoms with Crippen molar-refractivity contribution in [1.82, 2.24) is 10.6 Å². The molecule has 2 aromatic rings. The molecular formula is C22H26N2O3. The zero-order valence-electron chi connectivity index (χ0n) is 15.7. The predicted molar refractivity (Wildman–Crippen MR) is 104 cm³/mol. The first-order valence-corrected chi connectivity index (χ1v) is 9.36. The van der Waals surface area contributed by atoms with Crippen LogP contribution in [0.2, 0.25) is 0 Å². The molecule has 0 aliphatic heterocycles. The normalized spacial score (nSPS) is 16.9. The third-order valence-electron chi connectivity index (χ3n) is 4.84. The number of amides is 2. The van der Waals surface area contributed by atoms with Gasteiger partial charge in [-0.3, -0.25) is 9.59 Å². The van der Waals surface area contributed by atoms with Gasteiger partial charge in [-0.1, -0.05) is 60.2 Å². The van der Waals surface area contributed by atoms with Gasteiger partial charge in [0, 0.05) is 5.92 Å². The maximum absolute atomic E-state index is 12.9. The van der Waals surface area contributed by atoms with E-state index in [1.807, 2.05) is 61.5 Å². The molecule has 0 radical (unpaired) electrons. The molecule has 2 amide bonds. The van der Waals surface area contributed by atoms with Crippen molar-refractivity contribution in [1.29, 1.82) is 0 Å². The van der Waals surface area contributed by atoms with Gasteiger partial charge in [-0.15, -0.1) is 0 Å². The van der Waals surface area contributed by atoms with Crippen LogP contribution >= 0.6 is 0 Å². The van der Waals surface area contributed by atoms with Gasteiger partial charge in [-0.05, 0) is 37.8 Å². The van der Waals surface area contributed by atoms with Crippen LogP contribution in [0.4, 0.5) is 0 Å². The average molecular weight is 366 g/mol. The van der Waals surface area contributed by atoms with Crippen LogP contribution in [0.25, 0.3) is 0 Å². The Morgan fingerprint density at radius 2 is 1.56 bits per heavy atom. The minimum absolute atomic E-state index is 0.0268. The Morgan fingerprint density at radius 1 is 0.963 bits per heavy atom. The minimum atomic E-state index is -0.984. The molecule has 3 atom stereocenters. The molecule has 3 N–H and O–H groups in total. The van der Waals surface area contributed by atoms with Crippen molar-refractivity contribution in [3.8, 4) is 0 Å². The summed E-state index contributed by atoms with van der Waals surface area (Å²) >= 11 is 0. The third-order valence-corrected chi connectivity index (χ3v) is 4.84. The predicted octanol–water partition coefficient (Wildman–Crippen LogP) is 2.48. The molecule has 0 aromatic heterocycles. The van der Waals surface area contributed by atoms with Crippen molar-refractivity contribution < 1.29 is 14.7 Å². The Bertz CT molecular complexity index is 783. The lowest BCUT2D eigenvalue weighted by Crippen LogP contribution is -2.53. The number of hydrogen-bond acceptors (Lipinski definition) is 3. The lowest BCUT2D eigenvalue weighted by Gasteiger charge is -2.26. The topological polar surface area (TPSA) is 78.4 Å². The highest BCUT2D eigenvalue weighted by Crippen LogP contribution is 2.29. The summed E-state index contributed by atoms with van der Waals surface area (Å²) in [5, 5.41) is 15.7. The molecule has 0 saturated heterocycles. The zero-order valence-corrected chi connectivity index (χ0v) is 15.7. The molecular weight excluding hydrogens is 340 g/mol. The monoisotopic (exact) mass is 366 g/mol. The highest BCUT2D eigenvalue weighted by molar-refractivity contribution is 5.90. The standard InChI is InChI=1S/C22H26N2O3/c1-14-8-10-17(11-9-14)20(16-6-4-3-5-7-16)24-22(27)19(15(2)25)23-21(26)18-12-13-18/h3-11,15,18-20,25H,12-13H2,1-2H3,(H,23,26)(H,24,27)/t15-,19+,20+/m0/s1. The van der Waals surface area contributed by atoms with Gasteiger partial charge in [0.2, 0.25) is 11.8 Å². The summed E-state index contributed by atoms with van der Waals surface area (Å²) in [6, 6.07) is 16.3. The molecule has 1 aliphatic rings. The van der Waals surface area contributed by atoms with E-state index < -0.39 is 18.1 Å². The molecule has 0 bridgehead atoms. The van der Waals surface area contributed by atoms with E-state index in [1.54, 1.807) is 0 Å². The number of benzene rings is 2. The number of rotatable bonds is 7. The molecule has 142 valence electrons. The number of nitrogens with one attached hydrogen (secondary N) is 2. The fraction of sp³-hybridized carbons (Fsp3) is 0.364. The molecule has 27 heavy (non-hydrogen) atoms. The lowest BCUT2D eigenvalue weighted by molar-refractivity contribution is -0.132. The third kappa shape index (κ3) is 4.95. The van der Waals surface area contributed by atoms with Crippen LogP contribution in [-0.4, -0.2) is 29.1 Å². The summed E-state index contributed by atoms with van der Waals surface area (Å²) in [5.41, 5.74) is 3.01. The van der Waals surface area contributed by atoms with Gasteiger partial charge in [0.15, 0.2) is 0 Å². The second kappa shape index (κ2) is 8.35. The Hall–Kier alpha value is -2.66. The van der Waals surface area contributed by atoms with Crippen LogP contribution in [0.15, 0.2) is 54.6 Å². The number of aliphatic hydroxyl groups excluding tert-OH is 1. The molecule has 1 aliphatic carbocycles. The summed E-state index contributed by atoms with van der Waals surface area (Å²) < 4.78 is 0. The molecule has 2 aromatic carbocycles. The Balaban J connectivity index is 1.82. The van der Waals surface area contributed by atoms with E-state index in [0.717, 1.165) is 29.5 Å². The number of aliphatic hydroxyl groups is 1. The first kappa shape index (κ1) is 19.1. The fourth-order valence-electron chi connectivity index (χ4n) is 3.02. The number of carbonyl (C=O) groups excluding carboxylic acids is 2. The first-order chi connectivity index (χ1) is 13.0. The quantitative estimate of drug-likeness (QED) is 0.704. The second-order valence-corrected chi connectivity index (χ2v) is 7.26. The molecule has 1 fully saturated rings. The van der Waals surface area contributed by atoms with E-state index in [-0.39, 0.29) is 17.9 Å². The number of carbonyl (C=O) groups is 2. The molecule has 5 nitrogen and oxygen atoms in total.